The van der Waals surface area contributed by atoms with Crippen molar-refractivity contribution in [2.45, 2.75) is 31.7 Å². The first kappa shape index (κ1) is 15.7. The molecular formula is C19H21N5O. The molecule has 0 spiro atoms. The fourth-order valence-corrected chi connectivity index (χ4v) is 3.55. The molecule has 1 atom stereocenters. The number of carbonyl (C=O) groups is 1. The number of aromatic nitrogens is 4. The summed E-state index contributed by atoms with van der Waals surface area (Å²) in [5, 5.41) is 0. The number of nitrogens with zero attached hydrogens (tertiary/aromatic N) is 5. The van der Waals surface area contributed by atoms with Crippen molar-refractivity contribution in [3.8, 4) is 0 Å². The molecule has 4 rings (SSSR count). The van der Waals surface area contributed by atoms with Crippen molar-refractivity contribution < 1.29 is 4.79 Å². The summed E-state index contributed by atoms with van der Waals surface area (Å²) in [6.07, 6.45) is 7.77. The zero-order valence-corrected chi connectivity index (χ0v) is 14.1. The van der Waals surface area contributed by atoms with Gasteiger partial charge >= 0.3 is 0 Å². The molecular weight excluding hydrogens is 314 g/mol. The lowest BCUT2D eigenvalue weighted by Crippen LogP contribution is -2.39. The van der Waals surface area contributed by atoms with Crippen LogP contribution in [0.4, 0.5) is 0 Å². The molecule has 128 valence electrons. The highest BCUT2D eigenvalue weighted by molar-refractivity contribution is 5.77. The molecule has 1 aromatic carbocycles. The molecule has 2 aromatic heterocycles. The number of rotatable bonds is 4. The number of benzene rings is 1. The lowest BCUT2D eigenvalue weighted by atomic mass is 9.94. The topological polar surface area (TPSA) is 63.9 Å². The molecule has 1 saturated heterocycles. The van der Waals surface area contributed by atoms with Gasteiger partial charge in [-0.25, -0.2) is 15.0 Å². The summed E-state index contributed by atoms with van der Waals surface area (Å²) in [5.41, 5.74) is 3.08. The Hall–Kier alpha value is -2.76. The Bertz CT molecular complexity index is 860. The van der Waals surface area contributed by atoms with E-state index < -0.39 is 0 Å². The van der Waals surface area contributed by atoms with Gasteiger partial charge in [0.15, 0.2) is 0 Å². The number of imidazole rings is 1. The van der Waals surface area contributed by atoms with Crippen LogP contribution >= 0.6 is 0 Å². The fourth-order valence-electron chi connectivity index (χ4n) is 3.55. The van der Waals surface area contributed by atoms with Crippen LogP contribution in [0.1, 0.15) is 30.9 Å². The van der Waals surface area contributed by atoms with Gasteiger partial charge in [-0.2, -0.15) is 0 Å². The average molecular weight is 335 g/mol. The largest absolute Gasteiger partial charge is 0.342 e. The zero-order chi connectivity index (χ0) is 17.1. The summed E-state index contributed by atoms with van der Waals surface area (Å²) in [6, 6.07) is 9.96. The van der Waals surface area contributed by atoms with Gasteiger partial charge in [0.1, 0.15) is 6.33 Å². The SMILES string of the molecule is O=C(CCn1cnc2ccccc21)N1CCC[C@@H](c2ccncn2)C1. The predicted molar refractivity (Wildman–Crippen MR) is 94.9 cm³/mol. The molecule has 6 heteroatoms. The fraction of sp³-hybridized carbons (Fsp3) is 0.368. The van der Waals surface area contributed by atoms with Crippen LogP contribution in [0.2, 0.25) is 0 Å². The number of likely N-dealkylation sites (tertiary alicyclic amines) is 1. The van der Waals surface area contributed by atoms with Crippen LogP contribution in [0, 0.1) is 0 Å². The average Bonchev–Trinajstić information content (AvgIpc) is 3.10. The molecule has 1 aliphatic rings. The predicted octanol–water partition coefficient (Wildman–Crippen LogP) is 2.62. The van der Waals surface area contributed by atoms with E-state index in [1.165, 1.54) is 0 Å². The quantitative estimate of drug-likeness (QED) is 0.735. The first-order valence-electron chi connectivity index (χ1n) is 8.75. The van der Waals surface area contributed by atoms with Gasteiger partial charge in [0.25, 0.3) is 0 Å². The number of carbonyl (C=O) groups excluding carboxylic acids is 1. The van der Waals surface area contributed by atoms with Gasteiger partial charge in [-0.3, -0.25) is 4.79 Å². The van der Waals surface area contributed by atoms with Crippen molar-refractivity contribution in [2.24, 2.45) is 0 Å². The Balaban J connectivity index is 1.39. The molecule has 1 amide bonds. The minimum absolute atomic E-state index is 0.205. The van der Waals surface area contributed by atoms with Crippen molar-refractivity contribution in [2.75, 3.05) is 13.1 Å². The number of hydrogen-bond acceptors (Lipinski definition) is 4. The summed E-state index contributed by atoms with van der Waals surface area (Å²) < 4.78 is 2.05. The zero-order valence-electron chi connectivity index (χ0n) is 14.1. The maximum Gasteiger partial charge on any atom is 0.224 e. The van der Waals surface area contributed by atoms with E-state index in [0.717, 1.165) is 42.7 Å². The normalized spacial score (nSPS) is 17.8. The number of piperidine rings is 1. The molecule has 0 bridgehead atoms. The summed E-state index contributed by atoms with van der Waals surface area (Å²) in [5.74, 6) is 0.520. The first-order chi connectivity index (χ1) is 12.3. The van der Waals surface area contributed by atoms with E-state index in [1.54, 1.807) is 12.5 Å². The molecule has 25 heavy (non-hydrogen) atoms. The lowest BCUT2D eigenvalue weighted by molar-refractivity contribution is -0.132. The summed E-state index contributed by atoms with van der Waals surface area (Å²) in [7, 11) is 0. The molecule has 6 nitrogen and oxygen atoms in total. The summed E-state index contributed by atoms with van der Waals surface area (Å²) >= 11 is 0. The molecule has 0 saturated carbocycles. The summed E-state index contributed by atoms with van der Waals surface area (Å²) in [6.45, 7) is 2.25. The Labute approximate surface area is 146 Å². The molecule has 0 radical (unpaired) electrons. The Morgan fingerprint density at radius 1 is 1.20 bits per heavy atom. The van der Waals surface area contributed by atoms with Gasteiger partial charge in [-0.15, -0.1) is 0 Å². The van der Waals surface area contributed by atoms with Gasteiger partial charge < -0.3 is 9.47 Å². The van der Waals surface area contributed by atoms with Gasteiger partial charge in [-0.1, -0.05) is 12.1 Å². The third-order valence-corrected chi connectivity index (χ3v) is 4.89. The van der Waals surface area contributed by atoms with Crippen LogP contribution in [0.15, 0.2) is 49.2 Å². The second-order valence-electron chi connectivity index (χ2n) is 6.49. The van der Waals surface area contributed by atoms with E-state index in [1.807, 2.05) is 41.6 Å². The molecule has 0 aliphatic carbocycles. The maximum atomic E-state index is 12.7. The summed E-state index contributed by atoms with van der Waals surface area (Å²) in [4.78, 5) is 27.4. The van der Waals surface area contributed by atoms with Crippen molar-refractivity contribution in [1.82, 2.24) is 24.4 Å². The Morgan fingerprint density at radius 3 is 3.00 bits per heavy atom. The molecule has 3 heterocycles. The minimum atomic E-state index is 0.205. The Morgan fingerprint density at radius 2 is 2.12 bits per heavy atom. The van der Waals surface area contributed by atoms with E-state index in [2.05, 4.69) is 19.5 Å². The van der Waals surface area contributed by atoms with E-state index >= 15 is 0 Å². The van der Waals surface area contributed by atoms with E-state index in [9.17, 15) is 4.79 Å². The molecule has 3 aromatic rings. The lowest BCUT2D eigenvalue weighted by Gasteiger charge is -2.32. The third-order valence-electron chi connectivity index (χ3n) is 4.89. The van der Waals surface area contributed by atoms with Gasteiger partial charge in [0, 0.05) is 43.9 Å². The Kier molecular flexibility index (Phi) is 4.41. The van der Waals surface area contributed by atoms with Crippen LogP contribution < -0.4 is 0 Å². The number of fused-ring (bicyclic) bond motifs is 1. The number of hydrogen-bond donors (Lipinski definition) is 0. The molecule has 0 N–H and O–H groups in total. The first-order valence-corrected chi connectivity index (χ1v) is 8.75. The highest BCUT2D eigenvalue weighted by Crippen LogP contribution is 2.25. The second kappa shape index (κ2) is 7.01. The van der Waals surface area contributed by atoms with Crippen LogP contribution in [-0.4, -0.2) is 43.4 Å². The number of para-hydroxylation sites is 2. The highest BCUT2D eigenvalue weighted by Gasteiger charge is 2.25. The van der Waals surface area contributed by atoms with Crippen molar-refractivity contribution in [3.63, 3.8) is 0 Å². The van der Waals surface area contributed by atoms with Gasteiger partial charge in [0.2, 0.25) is 5.91 Å². The maximum absolute atomic E-state index is 12.7. The van der Waals surface area contributed by atoms with E-state index in [-0.39, 0.29) is 5.91 Å². The van der Waals surface area contributed by atoms with Crippen LogP contribution in [0.5, 0.6) is 0 Å². The standard InChI is InChI=1S/C19H21N5O/c25-19(8-11-24-14-22-17-5-1-2-6-18(17)24)23-10-3-4-15(12-23)16-7-9-20-13-21-16/h1-2,5-7,9,13-15H,3-4,8,10-12H2/t15-/m1/s1. The highest BCUT2D eigenvalue weighted by atomic mass is 16.2. The monoisotopic (exact) mass is 335 g/mol. The molecule has 0 unspecified atom stereocenters. The number of aryl methyl sites for hydroxylation is 1. The van der Waals surface area contributed by atoms with Crippen LogP contribution in [-0.2, 0) is 11.3 Å². The minimum Gasteiger partial charge on any atom is -0.342 e. The van der Waals surface area contributed by atoms with Crippen molar-refractivity contribution >= 4 is 16.9 Å². The van der Waals surface area contributed by atoms with Gasteiger partial charge in [0.05, 0.1) is 17.4 Å². The number of amides is 1. The third kappa shape index (κ3) is 3.38. The van der Waals surface area contributed by atoms with Crippen molar-refractivity contribution in [1.29, 1.82) is 0 Å². The molecule has 1 aliphatic heterocycles. The molecule has 1 fully saturated rings. The van der Waals surface area contributed by atoms with E-state index in [0.29, 0.717) is 18.9 Å². The van der Waals surface area contributed by atoms with Crippen LogP contribution in [0.3, 0.4) is 0 Å². The van der Waals surface area contributed by atoms with Crippen LogP contribution in [0.25, 0.3) is 11.0 Å². The van der Waals surface area contributed by atoms with Crippen molar-refractivity contribution in [3.05, 3.63) is 54.9 Å². The van der Waals surface area contributed by atoms with Gasteiger partial charge in [-0.05, 0) is 31.0 Å². The smallest absolute Gasteiger partial charge is 0.224 e. The second-order valence-corrected chi connectivity index (χ2v) is 6.49. The van der Waals surface area contributed by atoms with E-state index in [4.69, 9.17) is 0 Å².